The topological polar surface area (TPSA) is 80.5 Å². The molecule has 0 aliphatic heterocycles. The Hall–Kier alpha value is -2.50. The molecular formula is C11H9N5O. The maximum atomic E-state index is 5.18. The largest absolute Gasteiger partial charge is 0.334 e. The fourth-order valence-corrected chi connectivity index (χ4v) is 1.53. The van der Waals surface area contributed by atoms with E-state index in [-0.39, 0.29) is 0 Å². The lowest BCUT2D eigenvalue weighted by molar-refractivity contribution is 0.432. The molecule has 0 radical (unpaired) electrons. The molecule has 0 unspecified atom stereocenters. The Morgan fingerprint density at radius 1 is 1.29 bits per heavy atom. The number of aryl methyl sites for hydroxylation is 1. The molecule has 0 saturated heterocycles. The number of hydrogen-bond acceptors (Lipinski definition) is 5. The number of nitrogens with one attached hydrogen (secondary N) is 1. The van der Waals surface area contributed by atoms with Crippen LogP contribution < -0.4 is 0 Å². The van der Waals surface area contributed by atoms with Crippen LogP contribution in [0.2, 0.25) is 0 Å². The highest BCUT2D eigenvalue weighted by molar-refractivity contribution is 5.56. The quantitative estimate of drug-likeness (QED) is 0.722. The average Bonchev–Trinajstić information content (AvgIpc) is 3.00. The van der Waals surface area contributed by atoms with Gasteiger partial charge >= 0.3 is 0 Å². The predicted octanol–water partition coefficient (Wildman–Crippen LogP) is 1.83. The van der Waals surface area contributed by atoms with Gasteiger partial charge in [0.05, 0.1) is 0 Å². The van der Waals surface area contributed by atoms with Gasteiger partial charge < -0.3 is 4.52 Å². The van der Waals surface area contributed by atoms with Gasteiger partial charge in [0, 0.05) is 5.56 Å². The molecule has 0 aliphatic rings. The second-order valence-electron chi connectivity index (χ2n) is 3.63. The van der Waals surface area contributed by atoms with Crippen LogP contribution in [-0.4, -0.2) is 25.3 Å². The first-order valence-electron chi connectivity index (χ1n) is 5.09. The van der Waals surface area contributed by atoms with Crippen LogP contribution in [0, 0.1) is 6.92 Å². The van der Waals surface area contributed by atoms with Crippen LogP contribution in [-0.2, 0) is 0 Å². The van der Waals surface area contributed by atoms with Crippen LogP contribution in [0.25, 0.3) is 23.1 Å². The van der Waals surface area contributed by atoms with Crippen LogP contribution in [0.3, 0.4) is 0 Å². The molecule has 17 heavy (non-hydrogen) atoms. The number of nitrogens with zero attached hydrogens (tertiary/aromatic N) is 4. The van der Waals surface area contributed by atoms with E-state index in [1.54, 1.807) is 0 Å². The van der Waals surface area contributed by atoms with Gasteiger partial charge in [0.15, 0.2) is 5.82 Å². The molecule has 0 saturated carbocycles. The smallest absolute Gasteiger partial charge is 0.258 e. The molecule has 2 heterocycles. The highest BCUT2D eigenvalue weighted by atomic mass is 16.5. The zero-order valence-electron chi connectivity index (χ0n) is 9.08. The molecule has 0 spiro atoms. The first kappa shape index (κ1) is 9.71. The van der Waals surface area contributed by atoms with Gasteiger partial charge in [-0.3, -0.25) is 5.10 Å². The number of aromatic nitrogens is 5. The summed E-state index contributed by atoms with van der Waals surface area (Å²) >= 11 is 0. The Morgan fingerprint density at radius 2 is 2.24 bits per heavy atom. The molecule has 3 rings (SSSR count). The van der Waals surface area contributed by atoms with Crippen LogP contribution in [0.15, 0.2) is 35.1 Å². The second kappa shape index (κ2) is 3.82. The maximum Gasteiger partial charge on any atom is 0.258 e. The van der Waals surface area contributed by atoms with Gasteiger partial charge in [0.1, 0.15) is 6.33 Å². The summed E-state index contributed by atoms with van der Waals surface area (Å²) in [5.74, 6) is 1.37. The number of rotatable bonds is 2. The van der Waals surface area contributed by atoms with Crippen molar-refractivity contribution in [2.75, 3.05) is 0 Å². The van der Waals surface area contributed by atoms with E-state index in [9.17, 15) is 0 Å². The van der Waals surface area contributed by atoms with Crippen molar-refractivity contribution in [2.24, 2.45) is 0 Å². The van der Waals surface area contributed by atoms with Crippen LogP contribution in [0.1, 0.15) is 5.56 Å². The van der Waals surface area contributed by atoms with Gasteiger partial charge in [-0.15, -0.1) is 0 Å². The number of aromatic amines is 1. The summed E-state index contributed by atoms with van der Waals surface area (Å²) in [6, 6.07) is 7.86. The molecule has 0 bridgehead atoms. The molecule has 84 valence electrons. The Labute approximate surface area is 96.7 Å². The molecule has 0 aliphatic carbocycles. The van der Waals surface area contributed by atoms with Crippen LogP contribution >= 0.6 is 0 Å². The lowest BCUT2D eigenvalue weighted by Crippen LogP contribution is -1.83. The molecule has 6 heteroatoms. The van der Waals surface area contributed by atoms with E-state index in [0.717, 1.165) is 11.1 Å². The molecule has 1 N–H and O–H groups in total. The van der Waals surface area contributed by atoms with E-state index in [1.807, 2.05) is 31.2 Å². The summed E-state index contributed by atoms with van der Waals surface area (Å²) in [6.45, 7) is 2.01. The minimum absolute atomic E-state index is 0.402. The van der Waals surface area contributed by atoms with E-state index in [0.29, 0.717) is 17.5 Å². The predicted molar refractivity (Wildman–Crippen MR) is 59.8 cm³/mol. The lowest BCUT2D eigenvalue weighted by Gasteiger charge is -1.94. The van der Waals surface area contributed by atoms with E-state index in [1.165, 1.54) is 6.33 Å². The second-order valence-corrected chi connectivity index (χ2v) is 3.63. The standard InChI is InChI=1S/C11H9N5O/c1-7-3-2-4-8(5-7)11-14-10(16-17-11)9-12-6-13-15-9/h2-6H,1H3,(H,12,13,15). The van der Waals surface area contributed by atoms with Crippen molar-refractivity contribution in [3.8, 4) is 23.1 Å². The number of hydrogen-bond donors (Lipinski definition) is 1. The van der Waals surface area contributed by atoms with E-state index in [4.69, 9.17) is 4.52 Å². The molecule has 0 atom stereocenters. The van der Waals surface area contributed by atoms with E-state index in [2.05, 4.69) is 25.3 Å². The monoisotopic (exact) mass is 227 g/mol. The Kier molecular flexibility index (Phi) is 2.18. The van der Waals surface area contributed by atoms with Crippen molar-refractivity contribution in [3.05, 3.63) is 36.2 Å². The van der Waals surface area contributed by atoms with Crippen molar-refractivity contribution in [1.29, 1.82) is 0 Å². The summed E-state index contributed by atoms with van der Waals surface area (Å²) in [5.41, 5.74) is 2.03. The van der Waals surface area contributed by atoms with Gasteiger partial charge in [-0.05, 0) is 19.1 Å². The van der Waals surface area contributed by atoms with Crippen molar-refractivity contribution in [3.63, 3.8) is 0 Å². The summed E-state index contributed by atoms with van der Waals surface area (Å²) in [5, 5.41) is 10.3. The number of benzene rings is 1. The third kappa shape index (κ3) is 1.80. The summed E-state index contributed by atoms with van der Waals surface area (Å²) in [4.78, 5) is 8.21. The average molecular weight is 227 g/mol. The number of H-pyrrole nitrogens is 1. The van der Waals surface area contributed by atoms with E-state index >= 15 is 0 Å². The minimum Gasteiger partial charge on any atom is -0.334 e. The molecule has 0 amide bonds. The van der Waals surface area contributed by atoms with Gasteiger partial charge in [0.2, 0.25) is 5.82 Å². The molecular weight excluding hydrogens is 218 g/mol. The summed E-state index contributed by atoms with van der Waals surface area (Å²) in [6.07, 6.45) is 1.40. The third-order valence-electron chi connectivity index (χ3n) is 2.32. The summed E-state index contributed by atoms with van der Waals surface area (Å²) in [7, 11) is 0. The van der Waals surface area contributed by atoms with Gasteiger partial charge in [-0.2, -0.15) is 10.1 Å². The zero-order valence-corrected chi connectivity index (χ0v) is 9.08. The molecule has 0 fully saturated rings. The van der Waals surface area contributed by atoms with Gasteiger partial charge in [-0.1, -0.05) is 22.9 Å². The normalized spacial score (nSPS) is 10.6. The molecule has 3 aromatic rings. The third-order valence-corrected chi connectivity index (χ3v) is 2.32. The van der Waals surface area contributed by atoms with Gasteiger partial charge in [-0.25, -0.2) is 4.98 Å². The molecule has 2 aromatic heterocycles. The van der Waals surface area contributed by atoms with Crippen LogP contribution in [0.5, 0.6) is 0 Å². The maximum absolute atomic E-state index is 5.18. The van der Waals surface area contributed by atoms with Crippen molar-refractivity contribution < 1.29 is 4.52 Å². The summed E-state index contributed by atoms with van der Waals surface area (Å²) < 4.78 is 5.18. The van der Waals surface area contributed by atoms with Crippen LogP contribution in [0.4, 0.5) is 0 Å². The zero-order chi connectivity index (χ0) is 11.7. The van der Waals surface area contributed by atoms with Gasteiger partial charge in [0.25, 0.3) is 5.89 Å². The lowest BCUT2D eigenvalue weighted by atomic mass is 10.1. The van der Waals surface area contributed by atoms with E-state index < -0.39 is 0 Å². The Morgan fingerprint density at radius 3 is 3.00 bits per heavy atom. The minimum atomic E-state index is 0.402. The highest BCUT2D eigenvalue weighted by Gasteiger charge is 2.12. The fourth-order valence-electron chi connectivity index (χ4n) is 1.53. The molecule has 1 aromatic carbocycles. The Bertz CT molecular complexity index is 629. The van der Waals surface area contributed by atoms with Crippen molar-refractivity contribution in [2.45, 2.75) is 6.92 Å². The first-order valence-corrected chi connectivity index (χ1v) is 5.09. The Balaban J connectivity index is 2.01. The molecule has 6 nitrogen and oxygen atoms in total. The van der Waals surface area contributed by atoms with Crippen molar-refractivity contribution in [1.82, 2.24) is 25.3 Å². The van der Waals surface area contributed by atoms with Crippen molar-refractivity contribution >= 4 is 0 Å². The first-order chi connectivity index (χ1) is 8.33. The fraction of sp³-hybridized carbons (Fsp3) is 0.0909. The SMILES string of the molecule is Cc1cccc(-c2nc(-c3ncn[nH]3)no2)c1. The highest BCUT2D eigenvalue weighted by Crippen LogP contribution is 2.20.